The van der Waals surface area contributed by atoms with Crippen LogP contribution in [0.2, 0.25) is 4.75 Å². The molecule has 8 heteroatoms. The van der Waals surface area contributed by atoms with Crippen LogP contribution in [0.3, 0.4) is 0 Å². The fraction of sp³-hybridized carbons (Fsp3) is 0.800. The second-order valence-corrected chi connectivity index (χ2v) is 18.6. The van der Waals surface area contributed by atoms with Crippen LogP contribution in [0.1, 0.15) is 13.3 Å². The molecule has 0 bridgehead atoms. The van der Waals surface area contributed by atoms with Crippen LogP contribution in [-0.2, 0) is 4.79 Å². The van der Waals surface area contributed by atoms with Gasteiger partial charge in [0.1, 0.15) is 0 Å². The predicted molar refractivity (Wildman–Crippen MR) is 60.2 cm³/mol. The van der Waals surface area contributed by atoms with E-state index in [1.165, 1.54) is 0 Å². The molecular formula is C5H11Cl4GeNO2. The molecule has 0 saturated heterocycles. The van der Waals surface area contributed by atoms with Crippen molar-refractivity contribution in [3.8, 4) is 0 Å². The Kier molecular flexibility index (Phi) is 8.39. The second kappa shape index (κ2) is 6.59. The molecule has 0 radical (unpaired) electrons. The van der Waals surface area contributed by atoms with E-state index in [2.05, 4.69) is 0 Å². The first kappa shape index (κ1) is 16.6. The van der Waals surface area contributed by atoms with Gasteiger partial charge in [-0.25, -0.2) is 0 Å². The van der Waals surface area contributed by atoms with Crippen LogP contribution >= 0.6 is 42.4 Å². The van der Waals surface area contributed by atoms with Gasteiger partial charge in [0.05, 0.1) is 0 Å². The maximum absolute atomic E-state index is 10.5. The Bertz CT molecular complexity index is 174. The molecule has 0 fully saturated rings. The number of halogens is 4. The molecule has 13 heavy (non-hydrogen) atoms. The summed E-state index contributed by atoms with van der Waals surface area (Å²) in [4.78, 5) is 10.5. The normalized spacial score (nSPS) is 15.8. The minimum absolute atomic E-state index is 0. The molecule has 0 aliphatic carbocycles. The van der Waals surface area contributed by atoms with E-state index in [0.717, 1.165) is 0 Å². The van der Waals surface area contributed by atoms with Crippen LogP contribution in [0.4, 0.5) is 0 Å². The van der Waals surface area contributed by atoms with Crippen molar-refractivity contribution >= 4 is 58.9 Å². The van der Waals surface area contributed by atoms with Gasteiger partial charge in [-0.15, -0.1) is 12.4 Å². The van der Waals surface area contributed by atoms with Gasteiger partial charge in [0.2, 0.25) is 0 Å². The quantitative estimate of drug-likeness (QED) is 0.777. The van der Waals surface area contributed by atoms with Crippen molar-refractivity contribution in [1.82, 2.24) is 0 Å². The van der Waals surface area contributed by atoms with Gasteiger partial charge in [-0.3, -0.25) is 0 Å². The fourth-order valence-corrected chi connectivity index (χ4v) is 7.51. The molecule has 0 saturated carbocycles. The average Bonchev–Trinajstić information content (AvgIpc) is 1.85. The first-order chi connectivity index (χ1) is 5.30. The van der Waals surface area contributed by atoms with Crippen molar-refractivity contribution in [3.63, 3.8) is 0 Å². The standard InChI is InChI=1S/C5H10Cl3GeNO2.ClH/c1-2-3(9(6,7)8)4(10)5(11)12;/h3-4H,2,10H2,1H3,(H,11,12);1H. The van der Waals surface area contributed by atoms with Gasteiger partial charge in [0, 0.05) is 0 Å². The maximum atomic E-state index is 10.5. The SMILES string of the molecule is CC[CH](C(N)C(=O)O)[Ge]([Cl])([Cl])[Cl].Cl. The molecule has 3 N–H and O–H groups in total. The van der Waals surface area contributed by atoms with Crippen molar-refractivity contribution in [2.45, 2.75) is 24.1 Å². The first-order valence-corrected chi connectivity index (χ1v) is 12.8. The van der Waals surface area contributed by atoms with Crippen LogP contribution < -0.4 is 5.73 Å². The van der Waals surface area contributed by atoms with Crippen LogP contribution in [0.25, 0.3) is 0 Å². The van der Waals surface area contributed by atoms with E-state index in [0.29, 0.717) is 6.42 Å². The molecule has 0 aromatic carbocycles. The Labute approximate surface area is 98.2 Å². The van der Waals surface area contributed by atoms with Gasteiger partial charge in [-0.2, -0.15) is 0 Å². The van der Waals surface area contributed by atoms with Gasteiger partial charge in [0.15, 0.2) is 0 Å². The molecular weight excluding hydrogens is 320 g/mol. The molecule has 0 amide bonds. The molecule has 0 aromatic rings. The van der Waals surface area contributed by atoms with Gasteiger partial charge in [-0.05, 0) is 0 Å². The van der Waals surface area contributed by atoms with Gasteiger partial charge in [-0.1, -0.05) is 0 Å². The number of carbonyl (C=O) groups is 1. The summed E-state index contributed by atoms with van der Waals surface area (Å²) in [7, 11) is 13.7. The number of carboxylic acid groups (broad SMARTS) is 1. The van der Waals surface area contributed by atoms with Gasteiger partial charge >= 0.3 is 86.2 Å². The molecule has 2 unspecified atom stereocenters. The summed E-state index contributed by atoms with van der Waals surface area (Å²) in [5.74, 6) is -1.11. The summed E-state index contributed by atoms with van der Waals surface area (Å²) in [6.45, 7) is 1.76. The van der Waals surface area contributed by atoms with Crippen LogP contribution in [0, 0.1) is 0 Å². The Hall–Kier alpha value is 1.13. The number of hydrogen-bond donors (Lipinski definition) is 2. The number of rotatable bonds is 4. The summed E-state index contributed by atoms with van der Waals surface area (Å²) in [6, 6.07) is -1.05. The molecule has 80 valence electrons. The first-order valence-electron chi connectivity index (χ1n) is 3.35. The zero-order valence-electron chi connectivity index (χ0n) is 6.84. The smallest absolute Gasteiger partial charge is 0.147 e. The molecule has 0 aliphatic heterocycles. The summed E-state index contributed by atoms with van der Waals surface area (Å²) in [5, 5.41) is 8.58. The van der Waals surface area contributed by atoms with Crippen molar-refractivity contribution in [3.05, 3.63) is 0 Å². The Morgan fingerprint density at radius 1 is 1.54 bits per heavy atom. The molecule has 0 spiro atoms. The van der Waals surface area contributed by atoms with E-state index in [-0.39, 0.29) is 12.4 Å². The second-order valence-electron chi connectivity index (χ2n) is 2.42. The van der Waals surface area contributed by atoms with E-state index in [9.17, 15) is 4.79 Å². The molecule has 0 heterocycles. The van der Waals surface area contributed by atoms with E-state index in [4.69, 9.17) is 40.9 Å². The third-order valence-corrected chi connectivity index (χ3v) is 9.32. The van der Waals surface area contributed by atoms with Crippen LogP contribution in [0.5, 0.6) is 0 Å². The largest absolute Gasteiger partial charge is 0.147 e. The van der Waals surface area contributed by atoms with Crippen molar-refractivity contribution in [2.24, 2.45) is 5.73 Å². The van der Waals surface area contributed by atoms with Gasteiger partial charge in [0.25, 0.3) is 0 Å². The molecule has 0 rings (SSSR count). The maximum Gasteiger partial charge on any atom is -0.147 e. The summed E-state index contributed by atoms with van der Waals surface area (Å²) >= 11 is 0. The number of hydrogen-bond acceptors (Lipinski definition) is 2. The fourth-order valence-electron chi connectivity index (χ4n) is 0.861. The average molecular weight is 332 g/mol. The zero-order valence-corrected chi connectivity index (χ0v) is 12.0. The Balaban J connectivity index is 0. The molecule has 2 atom stereocenters. The monoisotopic (exact) mass is 331 g/mol. The molecule has 0 aliphatic rings. The van der Waals surface area contributed by atoms with Gasteiger partial charge < -0.3 is 0 Å². The minimum atomic E-state index is -3.49. The van der Waals surface area contributed by atoms with Crippen LogP contribution in [-0.4, -0.2) is 27.6 Å². The number of carboxylic acids is 1. The molecule has 3 nitrogen and oxygen atoms in total. The third kappa shape index (κ3) is 5.55. The summed E-state index contributed by atoms with van der Waals surface area (Å²) < 4.78 is -0.479. The molecule has 0 aromatic heterocycles. The summed E-state index contributed by atoms with van der Waals surface area (Å²) in [6.07, 6.45) is 0.490. The summed E-state index contributed by atoms with van der Waals surface area (Å²) in [5.41, 5.74) is 5.35. The van der Waals surface area contributed by atoms with Crippen LogP contribution in [0.15, 0.2) is 0 Å². The van der Waals surface area contributed by atoms with E-state index < -0.39 is 27.2 Å². The van der Waals surface area contributed by atoms with E-state index in [1.807, 2.05) is 0 Å². The third-order valence-electron chi connectivity index (χ3n) is 1.58. The predicted octanol–water partition coefficient (Wildman–Crippen LogP) is 2.26. The Morgan fingerprint density at radius 2 is 1.92 bits per heavy atom. The topological polar surface area (TPSA) is 63.3 Å². The minimum Gasteiger partial charge on any atom is -0.147 e. The van der Waals surface area contributed by atoms with Crippen molar-refractivity contribution in [1.29, 1.82) is 0 Å². The van der Waals surface area contributed by atoms with Crippen molar-refractivity contribution < 1.29 is 9.90 Å². The number of nitrogens with two attached hydrogens (primary N) is 1. The van der Waals surface area contributed by atoms with Crippen molar-refractivity contribution in [2.75, 3.05) is 0 Å². The van der Waals surface area contributed by atoms with E-state index >= 15 is 0 Å². The zero-order chi connectivity index (χ0) is 9.94. The Morgan fingerprint density at radius 3 is 2.00 bits per heavy atom. The number of aliphatic carboxylic acids is 1. The van der Waals surface area contributed by atoms with E-state index in [1.54, 1.807) is 6.92 Å².